The molecule has 0 saturated carbocycles. The molecule has 1 N–H and O–H groups in total. The molecule has 2 rings (SSSR count). The van der Waals surface area contributed by atoms with E-state index in [4.69, 9.17) is 4.55 Å². The molecule has 98 valence electrons. The van der Waals surface area contributed by atoms with Gasteiger partial charge in [-0.15, -0.1) is 0 Å². The van der Waals surface area contributed by atoms with Crippen molar-refractivity contribution in [1.82, 2.24) is 0 Å². The summed E-state index contributed by atoms with van der Waals surface area (Å²) in [5.41, 5.74) is 2.11. The van der Waals surface area contributed by atoms with Crippen LogP contribution in [-0.4, -0.2) is 18.8 Å². The van der Waals surface area contributed by atoms with Gasteiger partial charge in [-0.25, -0.2) is 0 Å². The SMILES string of the molecule is CC1=CC(=O)C(=Cc2ccc(S(=O)(=O)O)cc2)C=C1. The van der Waals surface area contributed by atoms with Crippen LogP contribution in [0.15, 0.2) is 58.5 Å². The van der Waals surface area contributed by atoms with Crippen LogP contribution in [0.25, 0.3) is 6.08 Å². The fraction of sp³-hybridized carbons (Fsp3) is 0.0714. The Morgan fingerprint density at radius 2 is 1.74 bits per heavy atom. The molecule has 5 heteroatoms. The maximum atomic E-state index is 11.7. The minimum atomic E-state index is -4.18. The van der Waals surface area contributed by atoms with E-state index in [1.165, 1.54) is 24.3 Å². The van der Waals surface area contributed by atoms with Crippen molar-refractivity contribution in [2.75, 3.05) is 0 Å². The molecule has 0 atom stereocenters. The highest BCUT2D eigenvalue weighted by Crippen LogP contribution is 2.17. The summed E-state index contributed by atoms with van der Waals surface area (Å²) in [6.45, 7) is 1.84. The second-order valence-corrected chi connectivity index (χ2v) is 5.65. The monoisotopic (exact) mass is 276 g/mol. The molecule has 4 nitrogen and oxygen atoms in total. The van der Waals surface area contributed by atoms with Gasteiger partial charge in [0.05, 0.1) is 4.90 Å². The Hall–Kier alpha value is -1.98. The maximum Gasteiger partial charge on any atom is 0.294 e. The molecule has 1 aromatic rings. The third-order valence-electron chi connectivity index (χ3n) is 2.67. The molecule has 0 aliphatic heterocycles. The van der Waals surface area contributed by atoms with Crippen LogP contribution in [0.4, 0.5) is 0 Å². The first-order valence-corrected chi connectivity index (χ1v) is 7.00. The van der Waals surface area contributed by atoms with E-state index >= 15 is 0 Å². The zero-order valence-electron chi connectivity index (χ0n) is 10.2. The van der Waals surface area contributed by atoms with Crippen molar-refractivity contribution in [2.45, 2.75) is 11.8 Å². The summed E-state index contributed by atoms with van der Waals surface area (Å²) in [5, 5.41) is 0. The lowest BCUT2D eigenvalue weighted by Crippen LogP contribution is -2.01. The number of hydrogen-bond acceptors (Lipinski definition) is 3. The molecule has 0 amide bonds. The van der Waals surface area contributed by atoms with E-state index in [9.17, 15) is 13.2 Å². The lowest BCUT2D eigenvalue weighted by Gasteiger charge is -2.05. The Morgan fingerprint density at radius 1 is 1.11 bits per heavy atom. The molecule has 0 spiro atoms. The van der Waals surface area contributed by atoms with Crippen LogP contribution in [0, 0.1) is 0 Å². The lowest BCUT2D eigenvalue weighted by atomic mass is 10.00. The molecule has 0 bridgehead atoms. The Labute approximate surface area is 111 Å². The first-order chi connectivity index (χ1) is 8.86. The second kappa shape index (κ2) is 4.95. The molecule has 0 aromatic heterocycles. The first-order valence-electron chi connectivity index (χ1n) is 5.56. The van der Waals surface area contributed by atoms with Crippen molar-refractivity contribution >= 4 is 22.0 Å². The van der Waals surface area contributed by atoms with Crippen LogP contribution in [0.1, 0.15) is 12.5 Å². The number of ketones is 1. The van der Waals surface area contributed by atoms with Crippen molar-refractivity contribution < 1.29 is 17.8 Å². The number of hydrogen-bond donors (Lipinski definition) is 1. The highest BCUT2D eigenvalue weighted by molar-refractivity contribution is 7.85. The molecular weight excluding hydrogens is 264 g/mol. The van der Waals surface area contributed by atoms with Gasteiger partial charge in [-0.2, -0.15) is 8.42 Å². The van der Waals surface area contributed by atoms with E-state index in [1.54, 1.807) is 18.2 Å². The molecule has 1 aliphatic carbocycles. The molecule has 0 radical (unpaired) electrons. The Morgan fingerprint density at radius 3 is 2.26 bits per heavy atom. The van der Waals surface area contributed by atoms with E-state index in [0.717, 1.165) is 5.57 Å². The molecule has 1 aliphatic rings. The normalized spacial score (nSPS) is 17.7. The number of allylic oxidation sites excluding steroid dienone is 5. The lowest BCUT2D eigenvalue weighted by molar-refractivity contribution is -0.111. The van der Waals surface area contributed by atoms with Crippen molar-refractivity contribution in [1.29, 1.82) is 0 Å². The van der Waals surface area contributed by atoms with Gasteiger partial charge in [0.15, 0.2) is 5.78 Å². The quantitative estimate of drug-likeness (QED) is 0.665. The summed E-state index contributed by atoms with van der Waals surface area (Å²) in [4.78, 5) is 11.5. The standard InChI is InChI=1S/C14H12O4S/c1-10-2-5-12(14(15)8-10)9-11-3-6-13(7-4-11)19(16,17)18/h2-9H,1H3,(H,16,17,18). The summed E-state index contributed by atoms with van der Waals surface area (Å²) in [6, 6.07) is 5.64. The number of carbonyl (C=O) groups excluding carboxylic acids is 1. The van der Waals surface area contributed by atoms with E-state index in [1.807, 2.05) is 13.0 Å². The van der Waals surface area contributed by atoms with Gasteiger partial charge in [-0.05, 0) is 42.3 Å². The van der Waals surface area contributed by atoms with Crippen molar-refractivity contribution in [3.05, 3.63) is 59.2 Å². The summed E-state index contributed by atoms with van der Waals surface area (Å²) >= 11 is 0. The highest BCUT2D eigenvalue weighted by Gasteiger charge is 2.10. The zero-order valence-corrected chi connectivity index (χ0v) is 11.0. The van der Waals surface area contributed by atoms with Gasteiger partial charge in [-0.1, -0.05) is 24.3 Å². The number of carbonyl (C=O) groups is 1. The number of benzene rings is 1. The molecule has 0 heterocycles. The number of rotatable bonds is 2. The fourth-order valence-corrected chi connectivity index (χ4v) is 2.16. The summed E-state index contributed by atoms with van der Waals surface area (Å²) in [6.07, 6.45) is 6.75. The minimum absolute atomic E-state index is 0.0844. The largest absolute Gasteiger partial charge is 0.294 e. The predicted octanol–water partition coefficient (Wildman–Crippen LogP) is 2.40. The van der Waals surface area contributed by atoms with E-state index in [2.05, 4.69) is 0 Å². The summed E-state index contributed by atoms with van der Waals surface area (Å²) in [5.74, 6) is -0.0844. The third kappa shape index (κ3) is 3.27. The summed E-state index contributed by atoms with van der Waals surface area (Å²) in [7, 11) is -4.18. The van der Waals surface area contributed by atoms with Crippen LogP contribution in [0.5, 0.6) is 0 Å². The van der Waals surface area contributed by atoms with Crippen LogP contribution in [-0.2, 0) is 14.9 Å². The third-order valence-corrected chi connectivity index (χ3v) is 3.54. The Balaban J connectivity index is 2.31. The molecule has 0 unspecified atom stereocenters. The van der Waals surface area contributed by atoms with Crippen LogP contribution in [0.2, 0.25) is 0 Å². The van der Waals surface area contributed by atoms with Gasteiger partial charge in [0.1, 0.15) is 0 Å². The summed E-state index contributed by atoms with van der Waals surface area (Å²) < 4.78 is 30.6. The average molecular weight is 276 g/mol. The van der Waals surface area contributed by atoms with E-state index < -0.39 is 10.1 Å². The van der Waals surface area contributed by atoms with Gasteiger partial charge < -0.3 is 0 Å². The zero-order chi connectivity index (χ0) is 14.0. The second-order valence-electron chi connectivity index (χ2n) is 4.23. The molecule has 1 aromatic carbocycles. The molecule has 0 saturated heterocycles. The molecule has 0 fully saturated rings. The predicted molar refractivity (Wildman–Crippen MR) is 72.1 cm³/mol. The van der Waals surface area contributed by atoms with Crippen LogP contribution >= 0.6 is 0 Å². The van der Waals surface area contributed by atoms with Crippen LogP contribution < -0.4 is 0 Å². The fourth-order valence-electron chi connectivity index (χ4n) is 1.68. The van der Waals surface area contributed by atoms with Gasteiger partial charge in [0.2, 0.25) is 0 Å². The first kappa shape index (κ1) is 13.5. The van der Waals surface area contributed by atoms with Crippen molar-refractivity contribution in [3.63, 3.8) is 0 Å². The van der Waals surface area contributed by atoms with Crippen molar-refractivity contribution in [2.24, 2.45) is 0 Å². The maximum absolute atomic E-state index is 11.7. The van der Waals surface area contributed by atoms with Gasteiger partial charge in [0.25, 0.3) is 10.1 Å². The minimum Gasteiger partial charge on any atom is -0.289 e. The van der Waals surface area contributed by atoms with Crippen molar-refractivity contribution in [3.8, 4) is 0 Å². The Kier molecular flexibility index (Phi) is 3.50. The average Bonchev–Trinajstić information content (AvgIpc) is 2.32. The highest BCUT2D eigenvalue weighted by atomic mass is 32.2. The van der Waals surface area contributed by atoms with Crippen LogP contribution in [0.3, 0.4) is 0 Å². The Bertz CT molecular complexity index is 704. The van der Waals surface area contributed by atoms with Gasteiger partial charge in [-0.3, -0.25) is 9.35 Å². The molecular formula is C14H12O4S. The smallest absolute Gasteiger partial charge is 0.289 e. The topological polar surface area (TPSA) is 71.4 Å². The van der Waals surface area contributed by atoms with E-state index in [0.29, 0.717) is 11.1 Å². The van der Waals surface area contributed by atoms with Gasteiger partial charge in [0, 0.05) is 5.57 Å². The van der Waals surface area contributed by atoms with Gasteiger partial charge >= 0.3 is 0 Å². The molecule has 19 heavy (non-hydrogen) atoms. The van der Waals surface area contributed by atoms with E-state index in [-0.39, 0.29) is 10.7 Å².